The zero-order valence-corrected chi connectivity index (χ0v) is 21.5. The molecule has 1 aliphatic heterocycles. The molecule has 0 bridgehead atoms. The van der Waals surface area contributed by atoms with E-state index in [0.717, 1.165) is 22.5 Å². The molecule has 190 valence electrons. The van der Waals surface area contributed by atoms with Crippen LogP contribution in [0.25, 0.3) is 5.69 Å². The molecule has 0 radical (unpaired) electrons. The lowest BCUT2D eigenvalue weighted by molar-refractivity contribution is 0.0203. The second-order valence-corrected chi connectivity index (χ2v) is 10.3. The Balaban J connectivity index is 1.65. The van der Waals surface area contributed by atoms with E-state index in [1.54, 1.807) is 23.2 Å². The molecule has 1 aliphatic rings. The summed E-state index contributed by atoms with van der Waals surface area (Å²) in [5.74, 6) is -0.936. The summed E-state index contributed by atoms with van der Waals surface area (Å²) in [4.78, 5) is 27.6. The number of aromatic nitrogens is 2. The van der Waals surface area contributed by atoms with Crippen molar-refractivity contribution in [2.45, 2.75) is 59.0 Å². The number of anilines is 1. The average Bonchev–Trinajstić information content (AvgIpc) is 3.24. The van der Waals surface area contributed by atoms with Gasteiger partial charge in [-0.15, -0.1) is 0 Å². The van der Waals surface area contributed by atoms with E-state index in [1.165, 1.54) is 12.1 Å². The molecule has 2 amide bonds. The molecule has 1 aromatic heterocycles. The predicted molar refractivity (Wildman–Crippen MR) is 137 cm³/mol. The van der Waals surface area contributed by atoms with Crippen LogP contribution in [0.4, 0.5) is 14.9 Å². The first-order valence-electron chi connectivity index (χ1n) is 12.2. The number of carbonyl (C=O) groups is 2. The fourth-order valence-electron chi connectivity index (χ4n) is 4.57. The van der Waals surface area contributed by atoms with Crippen LogP contribution < -0.4 is 5.32 Å². The Morgan fingerprint density at radius 3 is 2.42 bits per heavy atom. The highest BCUT2D eigenvalue weighted by atomic mass is 19.1. The van der Waals surface area contributed by atoms with Gasteiger partial charge in [-0.3, -0.25) is 4.79 Å². The molecule has 0 spiro atoms. The van der Waals surface area contributed by atoms with Gasteiger partial charge in [-0.2, -0.15) is 5.10 Å². The number of likely N-dealkylation sites (tertiary alicyclic amines) is 1. The maximum Gasteiger partial charge on any atom is 0.410 e. The van der Waals surface area contributed by atoms with Crippen LogP contribution in [0.2, 0.25) is 0 Å². The molecular formula is C28H33FN4O3. The molecule has 2 aromatic carbocycles. The first-order valence-corrected chi connectivity index (χ1v) is 12.2. The highest BCUT2D eigenvalue weighted by Gasteiger charge is 2.32. The second kappa shape index (κ2) is 10.1. The lowest BCUT2D eigenvalue weighted by atomic mass is 9.90. The van der Waals surface area contributed by atoms with Crippen LogP contribution in [0.5, 0.6) is 0 Å². The number of piperidine rings is 1. The Hall–Kier alpha value is -3.68. The zero-order valence-electron chi connectivity index (χ0n) is 21.5. The van der Waals surface area contributed by atoms with Crippen molar-refractivity contribution in [3.05, 3.63) is 76.9 Å². The minimum atomic E-state index is -0.562. The van der Waals surface area contributed by atoms with Gasteiger partial charge in [-0.25, -0.2) is 13.9 Å². The highest BCUT2D eigenvalue weighted by Crippen LogP contribution is 2.34. The minimum Gasteiger partial charge on any atom is -0.444 e. The van der Waals surface area contributed by atoms with Gasteiger partial charge in [-0.05, 0) is 71.2 Å². The van der Waals surface area contributed by atoms with Crippen LogP contribution >= 0.6 is 0 Å². The maximum absolute atomic E-state index is 14.2. The topological polar surface area (TPSA) is 76.5 Å². The van der Waals surface area contributed by atoms with E-state index in [4.69, 9.17) is 4.74 Å². The fourth-order valence-corrected chi connectivity index (χ4v) is 4.57. The summed E-state index contributed by atoms with van der Waals surface area (Å²) in [5.41, 5.74) is 3.77. The summed E-state index contributed by atoms with van der Waals surface area (Å²) in [6.07, 6.45) is 2.51. The molecule has 3 aromatic rings. The smallest absolute Gasteiger partial charge is 0.410 e. The fraction of sp³-hybridized carbons (Fsp3) is 0.393. The number of aryl methyl sites for hydroxylation is 2. The molecule has 0 saturated carbocycles. The Morgan fingerprint density at radius 1 is 1.08 bits per heavy atom. The van der Waals surface area contributed by atoms with Crippen LogP contribution in [0.3, 0.4) is 0 Å². The Kier molecular flexibility index (Phi) is 7.15. The highest BCUT2D eigenvalue weighted by molar-refractivity contribution is 6.05. The molecule has 7 nitrogen and oxygen atoms in total. The predicted octanol–water partition coefficient (Wildman–Crippen LogP) is 6.00. The molecule has 36 heavy (non-hydrogen) atoms. The Labute approximate surface area is 211 Å². The number of hydrogen-bond acceptors (Lipinski definition) is 4. The van der Waals surface area contributed by atoms with Crippen LogP contribution in [0.15, 0.2) is 48.7 Å². The molecule has 1 N–H and O–H groups in total. The van der Waals surface area contributed by atoms with E-state index < -0.39 is 17.3 Å². The number of nitrogens with zero attached hydrogens (tertiary/aromatic N) is 3. The van der Waals surface area contributed by atoms with Crippen molar-refractivity contribution in [1.82, 2.24) is 14.7 Å². The van der Waals surface area contributed by atoms with Crippen molar-refractivity contribution in [1.29, 1.82) is 0 Å². The van der Waals surface area contributed by atoms with Gasteiger partial charge in [0.2, 0.25) is 0 Å². The van der Waals surface area contributed by atoms with E-state index in [1.807, 2.05) is 51.4 Å². The first-order chi connectivity index (χ1) is 17.0. The van der Waals surface area contributed by atoms with Crippen molar-refractivity contribution in [3.8, 4) is 5.69 Å². The third-order valence-corrected chi connectivity index (χ3v) is 6.29. The van der Waals surface area contributed by atoms with Gasteiger partial charge in [0.25, 0.3) is 5.91 Å². The summed E-state index contributed by atoms with van der Waals surface area (Å²) < 4.78 is 21.6. The number of carbonyl (C=O) groups excluding carboxylic acids is 2. The molecular weight excluding hydrogens is 459 g/mol. The zero-order chi connectivity index (χ0) is 26.0. The molecule has 8 heteroatoms. The third kappa shape index (κ3) is 5.58. The van der Waals surface area contributed by atoms with E-state index in [9.17, 15) is 14.0 Å². The quantitative estimate of drug-likeness (QED) is 0.485. The largest absolute Gasteiger partial charge is 0.444 e. The molecule has 4 rings (SSSR count). The van der Waals surface area contributed by atoms with Gasteiger partial charge >= 0.3 is 6.09 Å². The number of ether oxygens (including phenoxy) is 1. The summed E-state index contributed by atoms with van der Waals surface area (Å²) in [7, 11) is 0. The van der Waals surface area contributed by atoms with Crippen LogP contribution in [-0.2, 0) is 4.74 Å². The van der Waals surface area contributed by atoms with Gasteiger partial charge in [0, 0.05) is 19.0 Å². The molecule has 1 saturated heterocycles. The molecule has 2 heterocycles. The summed E-state index contributed by atoms with van der Waals surface area (Å²) in [6.45, 7) is 10.6. The normalized spacial score (nSPS) is 14.6. The SMILES string of the molecule is Cc1ccc(-n2ncc(C(=O)Nc3ccccc3F)c2C2CCN(C(=O)OC(C)(C)C)CC2)c(C)c1. The number of halogens is 1. The van der Waals surface area contributed by atoms with Gasteiger partial charge in [-0.1, -0.05) is 29.8 Å². The number of amides is 2. The lowest BCUT2D eigenvalue weighted by Gasteiger charge is -2.34. The lowest BCUT2D eigenvalue weighted by Crippen LogP contribution is -2.41. The maximum atomic E-state index is 14.2. The Bertz CT molecular complexity index is 1270. The van der Waals surface area contributed by atoms with E-state index in [0.29, 0.717) is 31.5 Å². The summed E-state index contributed by atoms with van der Waals surface area (Å²) >= 11 is 0. The Morgan fingerprint density at radius 2 is 1.78 bits per heavy atom. The van der Waals surface area contributed by atoms with Crippen LogP contribution in [0.1, 0.15) is 66.7 Å². The minimum absolute atomic E-state index is 0.0201. The molecule has 0 aliphatic carbocycles. The number of hydrogen-bond donors (Lipinski definition) is 1. The van der Waals surface area contributed by atoms with E-state index >= 15 is 0 Å². The molecule has 0 atom stereocenters. The van der Waals surface area contributed by atoms with E-state index in [-0.39, 0.29) is 17.7 Å². The van der Waals surface area contributed by atoms with Gasteiger partial charge in [0.1, 0.15) is 11.4 Å². The number of rotatable bonds is 4. The van der Waals surface area contributed by atoms with Crippen molar-refractivity contribution >= 4 is 17.7 Å². The van der Waals surface area contributed by atoms with Crippen molar-refractivity contribution in [2.75, 3.05) is 18.4 Å². The summed E-state index contributed by atoms with van der Waals surface area (Å²) in [6, 6.07) is 12.2. The van der Waals surface area contributed by atoms with Crippen molar-refractivity contribution < 1.29 is 18.7 Å². The number of nitrogens with one attached hydrogen (secondary N) is 1. The number of benzene rings is 2. The van der Waals surface area contributed by atoms with Gasteiger partial charge in [0.05, 0.1) is 28.8 Å². The van der Waals surface area contributed by atoms with Crippen molar-refractivity contribution in [2.24, 2.45) is 0 Å². The first kappa shape index (κ1) is 25.4. The van der Waals surface area contributed by atoms with Crippen LogP contribution in [-0.4, -0.2) is 45.4 Å². The third-order valence-electron chi connectivity index (χ3n) is 6.29. The molecule has 1 fully saturated rings. The number of para-hydroxylation sites is 1. The van der Waals surface area contributed by atoms with Gasteiger partial charge < -0.3 is 15.0 Å². The monoisotopic (exact) mass is 492 g/mol. The second-order valence-electron chi connectivity index (χ2n) is 10.3. The van der Waals surface area contributed by atoms with Crippen LogP contribution in [0, 0.1) is 19.7 Å². The van der Waals surface area contributed by atoms with E-state index in [2.05, 4.69) is 16.5 Å². The van der Waals surface area contributed by atoms with Crippen molar-refractivity contribution in [3.63, 3.8) is 0 Å². The van der Waals surface area contributed by atoms with Gasteiger partial charge in [0.15, 0.2) is 0 Å². The standard InChI is InChI=1S/C28H33FN4O3/c1-18-10-11-24(19(2)16-18)33-25(20-12-14-32(15-13-20)27(35)36-28(3,4)5)21(17-30-33)26(34)31-23-9-7-6-8-22(23)29/h6-11,16-17,20H,12-15H2,1-5H3,(H,31,34). The molecule has 0 unspecified atom stereocenters. The average molecular weight is 493 g/mol. The summed E-state index contributed by atoms with van der Waals surface area (Å²) in [5, 5.41) is 7.29.